The number of hydrogen-bond acceptors (Lipinski definition) is 8. The van der Waals surface area contributed by atoms with Crippen LogP contribution < -0.4 is 14.9 Å². The maximum absolute atomic E-state index is 13.4. The monoisotopic (exact) mass is 485 g/mol. The first kappa shape index (κ1) is 24.4. The third kappa shape index (κ3) is 5.03. The van der Waals surface area contributed by atoms with Crippen molar-refractivity contribution < 1.29 is 23.1 Å². The minimum absolute atomic E-state index is 0.174. The van der Waals surface area contributed by atoms with Crippen molar-refractivity contribution in [2.45, 2.75) is 39.4 Å². The topological polar surface area (TPSA) is 98.2 Å². The van der Waals surface area contributed by atoms with Gasteiger partial charge in [-0.1, -0.05) is 30.3 Å². The molecule has 11 heteroatoms. The van der Waals surface area contributed by atoms with Gasteiger partial charge in [0, 0.05) is 43.9 Å². The Morgan fingerprint density at radius 3 is 2.46 bits per heavy atom. The largest absolute Gasteiger partial charge is 0.545 e. The van der Waals surface area contributed by atoms with Gasteiger partial charge in [-0.2, -0.15) is 18.3 Å². The highest BCUT2D eigenvalue weighted by Gasteiger charge is 2.38. The van der Waals surface area contributed by atoms with Gasteiger partial charge in [0.15, 0.2) is 11.5 Å². The lowest BCUT2D eigenvalue weighted by atomic mass is 10.0. The van der Waals surface area contributed by atoms with E-state index in [4.69, 9.17) is 0 Å². The molecule has 0 saturated carbocycles. The van der Waals surface area contributed by atoms with Gasteiger partial charge in [-0.25, -0.2) is 9.97 Å². The Hall–Kier alpha value is -3.76. The van der Waals surface area contributed by atoms with E-state index in [2.05, 4.69) is 20.2 Å². The van der Waals surface area contributed by atoms with Gasteiger partial charge in [-0.3, -0.25) is 0 Å². The zero-order valence-corrected chi connectivity index (χ0v) is 19.5. The van der Waals surface area contributed by atoms with Crippen LogP contribution in [0.2, 0.25) is 0 Å². The van der Waals surface area contributed by atoms with E-state index >= 15 is 0 Å². The molecule has 3 aromatic rings. The first-order chi connectivity index (χ1) is 16.6. The minimum atomic E-state index is -4.94. The third-order valence-corrected chi connectivity index (χ3v) is 6.26. The van der Waals surface area contributed by atoms with Crippen LogP contribution >= 0.6 is 0 Å². The molecule has 184 valence electrons. The first-order valence-corrected chi connectivity index (χ1v) is 11.1. The summed E-state index contributed by atoms with van der Waals surface area (Å²) in [6.07, 6.45) is -3.61. The van der Waals surface area contributed by atoms with Gasteiger partial charge in [0.2, 0.25) is 5.95 Å². The zero-order valence-electron chi connectivity index (χ0n) is 19.5. The fourth-order valence-corrected chi connectivity index (χ4v) is 4.22. The molecule has 1 aliphatic heterocycles. The van der Waals surface area contributed by atoms with Crippen molar-refractivity contribution in [1.29, 1.82) is 0 Å². The van der Waals surface area contributed by atoms with Crippen LogP contribution in [-0.4, -0.2) is 51.8 Å². The summed E-state index contributed by atoms with van der Waals surface area (Å²) in [6, 6.07) is 9.74. The predicted molar refractivity (Wildman–Crippen MR) is 121 cm³/mol. The SMILES string of the molecule is Cc1c(Cc2ccccc2)nnc(N2CCN(c3ncc(C(=O)[O-])c(C(F)(F)F)n3)[C@H](C)C2)c1C. The van der Waals surface area contributed by atoms with E-state index in [1.807, 2.05) is 56.0 Å². The molecule has 3 heterocycles. The average molecular weight is 485 g/mol. The molecule has 1 saturated heterocycles. The molecule has 4 rings (SSSR count). The van der Waals surface area contributed by atoms with E-state index in [1.165, 1.54) is 0 Å². The summed E-state index contributed by atoms with van der Waals surface area (Å²) >= 11 is 0. The number of aromatic nitrogens is 4. The molecule has 1 fully saturated rings. The molecule has 0 N–H and O–H groups in total. The van der Waals surface area contributed by atoms with Gasteiger partial charge in [0.05, 0.1) is 11.7 Å². The Morgan fingerprint density at radius 2 is 1.83 bits per heavy atom. The van der Waals surface area contributed by atoms with Crippen molar-refractivity contribution in [2.75, 3.05) is 29.4 Å². The van der Waals surface area contributed by atoms with Crippen LogP contribution in [0.3, 0.4) is 0 Å². The molecular formula is C24H24F3N6O2-. The zero-order chi connectivity index (χ0) is 25.3. The maximum Gasteiger partial charge on any atom is 0.434 e. The Kier molecular flexibility index (Phi) is 6.60. The second kappa shape index (κ2) is 9.47. The highest BCUT2D eigenvalue weighted by molar-refractivity contribution is 5.87. The highest BCUT2D eigenvalue weighted by atomic mass is 19.4. The molecule has 2 aromatic heterocycles. The summed E-state index contributed by atoms with van der Waals surface area (Å²) in [4.78, 5) is 22.2. The summed E-state index contributed by atoms with van der Waals surface area (Å²) < 4.78 is 40.1. The molecule has 0 aliphatic carbocycles. The number of alkyl halides is 3. The summed E-state index contributed by atoms with van der Waals surface area (Å²) in [6.45, 7) is 7.09. The predicted octanol–water partition coefficient (Wildman–Crippen LogP) is 2.57. The quantitative estimate of drug-likeness (QED) is 0.544. The third-order valence-electron chi connectivity index (χ3n) is 6.26. The fourth-order valence-electron chi connectivity index (χ4n) is 4.22. The Labute approximate surface area is 200 Å². The van der Waals surface area contributed by atoms with Crippen LogP contribution in [0.15, 0.2) is 36.5 Å². The molecule has 8 nitrogen and oxygen atoms in total. The number of benzene rings is 1. The number of hydrogen-bond donors (Lipinski definition) is 0. The smallest absolute Gasteiger partial charge is 0.434 e. The minimum Gasteiger partial charge on any atom is -0.545 e. The van der Waals surface area contributed by atoms with E-state index < -0.39 is 23.4 Å². The number of piperazine rings is 1. The second-order valence-electron chi connectivity index (χ2n) is 8.59. The lowest BCUT2D eigenvalue weighted by molar-refractivity contribution is -0.256. The van der Waals surface area contributed by atoms with Gasteiger partial charge < -0.3 is 19.7 Å². The van der Waals surface area contributed by atoms with Crippen LogP contribution in [0.25, 0.3) is 0 Å². The number of carboxylic acid groups (broad SMARTS) is 1. The molecule has 1 atom stereocenters. The molecule has 0 spiro atoms. The van der Waals surface area contributed by atoms with Gasteiger partial charge in [0.1, 0.15) is 0 Å². The van der Waals surface area contributed by atoms with E-state index in [1.54, 1.807) is 4.90 Å². The summed E-state index contributed by atoms with van der Waals surface area (Å²) in [5.41, 5.74) is 1.49. The number of carbonyl (C=O) groups excluding carboxylic acids is 1. The lowest BCUT2D eigenvalue weighted by Gasteiger charge is -2.41. The molecule has 0 unspecified atom stereocenters. The van der Waals surface area contributed by atoms with Crippen LogP contribution in [0, 0.1) is 13.8 Å². The van der Waals surface area contributed by atoms with E-state index in [-0.39, 0.29) is 12.0 Å². The maximum atomic E-state index is 13.4. The number of carbonyl (C=O) groups is 1. The number of aromatic carboxylic acids is 1. The summed E-state index contributed by atoms with van der Waals surface area (Å²) in [5.74, 6) is -1.41. The van der Waals surface area contributed by atoms with E-state index in [9.17, 15) is 23.1 Å². The molecule has 0 amide bonds. The second-order valence-corrected chi connectivity index (χ2v) is 8.59. The normalized spacial score (nSPS) is 16.5. The Bertz CT molecular complexity index is 1240. The van der Waals surface area contributed by atoms with E-state index in [0.29, 0.717) is 32.3 Å². The number of carboxylic acids is 1. The summed E-state index contributed by atoms with van der Waals surface area (Å²) in [7, 11) is 0. The number of anilines is 2. The van der Waals surface area contributed by atoms with Crippen molar-refractivity contribution in [1.82, 2.24) is 20.2 Å². The molecule has 35 heavy (non-hydrogen) atoms. The van der Waals surface area contributed by atoms with Gasteiger partial charge in [-0.05, 0) is 37.5 Å². The van der Waals surface area contributed by atoms with Crippen LogP contribution in [-0.2, 0) is 12.6 Å². The molecule has 1 aliphatic rings. The van der Waals surface area contributed by atoms with Gasteiger partial charge in [0.25, 0.3) is 0 Å². The van der Waals surface area contributed by atoms with Crippen molar-refractivity contribution >= 4 is 17.7 Å². The standard InChI is InChI=1S/C24H25F3N6O2/c1-14-13-32(21-16(3)15(2)19(30-31-21)11-17-7-5-4-6-8-17)9-10-33(14)23-28-12-18(22(34)35)20(29-23)24(25,26)27/h4-8,12,14H,9-11,13H2,1-3H3,(H,34,35)/p-1/t14-/m1/s1. The van der Waals surface area contributed by atoms with Gasteiger partial charge in [-0.15, -0.1) is 5.10 Å². The van der Waals surface area contributed by atoms with Gasteiger partial charge >= 0.3 is 6.18 Å². The molecule has 0 radical (unpaired) electrons. The molecule has 1 aromatic carbocycles. The van der Waals surface area contributed by atoms with Crippen molar-refractivity contribution in [3.8, 4) is 0 Å². The Morgan fingerprint density at radius 1 is 1.11 bits per heavy atom. The highest BCUT2D eigenvalue weighted by Crippen LogP contribution is 2.32. The lowest BCUT2D eigenvalue weighted by Crippen LogP contribution is -2.53. The van der Waals surface area contributed by atoms with Crippen LogP contribution in [0.5, 0.6) is 0 Å². The average Bonchev–Trinajstić information content (AvgIpc) is 2.82. The van der Waals surface area contributed by atoms with Crippen molar-refractivity contribution in [2.24, 2.45) is 0 Å². The number of rotatable bonds is 5. The van der Waals surface area contributed by atoms with Crippen LogP contribution in [0.1, 0.15) is 45.4 Å². The number of halogens is 3. The fraction of sp³-hybridized carbons (Fsp3) is 0.375. The van der Waals surface area contributed by atoms with Crippen LogP contribution in [0.4, 0.5) is 24.9 Å². The molecular weight excluding hydrogens is 461 g/mol. The summed E-state index contributed by atoms with van der Waals surface area (Å²) in [5, 5.41) is 20.0. The molecule has 0 bridgehead atoms. The first-order valence-electron chi connectivity index (χ1n) is 11.1. The van der Waals surface area contributed by atoms with E-state index in [0.717, 1.165) is 28.2 Å². The Balaban J connectivity index is 1.54. The van der Waals surface area contributed by atoms with Crippen molar-refractivity contribution in [3.63, 3.8) is 0 Å². The number of nitrogens with zero attached hydrogens (tertiary/aromatic N) is 6. The van der Waals surface area contributed by atoms with Crippen molar-refractivity contribution in [3.05, 3.63) is 70.2 Å².